The van der Waals surface area contributed by atoms with E-state index in [0.717, 1.165) is 5.56 Å². The van der Waals surface area contributed by atoms with Gasteiger partial charge >= 0.3 is 5.63 Å². The molecular formula is C16H13NO3. The number of benzene rings is 1. The van der Waals surface area contributed by atoms with Gasteiger partial charge in [0.1, 0.15) is 5.76 Å². The van der Waals surface area contributed by atoms with Gasteiger partial charge in [-0.15, -0.1) is 0 Å². The van der Waals surface area contributed by atoms with Gasteiger partial charge in [0.05, 0.1) is 5.56 Å². The molecule has 4 nitrogen and oxygen atoms in total. The van der Waals surface area contributed by atoms with E-state index < -0.39 is 5.63 Å². The molecule has 20 heavy (non-hydrogen) atoms. The summed E-state index contributed by atoms with van der Waals surface area (Å²) in [6.45, 7) is 3.71. The normalized spacial score (nSPS) is 13.8. The fraction of sp³-hybridized carbons (Fsp3) is 0.125. The van der Waals surface area contributed by atoms with E-state index in [9.17, 15) is 9.59 Å². The minimum Gasteiger partial charge on any atom is -0.427 e. The zero-order valence-corrected chi connectivity index (χ0v) is 10.8. The summed E-state index contributed by atoms with van der Waals surface area (Å²) in [7, 11) is 0. The topological polar surface area (TPSA) is 59.3 Å². The molecule has 0 saturated heterocycles. The van der Waals surface area contributed by atoms with E-state index in [1.807, 2.05) is 30.3 Å². The Hall–Kier alpha value is -2.62. The summed E-state index contributed by atoms with van der Waals surface area (Å²) < 4.78 is 5.14. The van der Waals surface area contributed by atoms with Crippen LogP contribution in [0.4, 0.5) is 0 Å². The summed E-state index contributed by atoms with van der Waals surface area (Å²) in [6.07, 6.45) is 0.883. The highest BCUT2D eigenvalue weighted by atomic mass is 16.4. The molecule has 0 unspecified atom stereocenters. The fourth-order valence-electron chi connectivity index (χ4n) is 2.41. The molecule has 0 fully saturated rings. The zero-order chi connectivity index (χ0) is 14.1. The van der Waals surface area contributed by atoms with Crippen LogP contribution in [0.5, 0.6) is 0 Å². The third-order valence-corrected chi connectivity index (χ3v) is 3.24. The van der Waals surface area contributed by atoms with E-state index >= 15 is 0 Å². The van der Waals surface area contributed by atoms with Crippen molar-refractivity contribution in [3.63, 3.8) is 0 Å². The number of hydrogen-bond donors (Lipinski definition) is 1. The van der Waals surface area contributed by atoms with Gasteiger partial charge in [-0.3, -0.25) is 4.79 Å². The van der Waals surface area contributed by atoms with Gasteiger partial charge in [0.15, 0.2) is 0 Å². The van der Waals surface area contributed by atoms with Crippen molar-refractivity contribution >= 4 is 5.91 Å². The van der Waals surface area contributed by atoms with Crippen LogP contribution in [0.2, 0.25) is 0 Å². The van der Waals surface area contributed by atoms with Crippen LogP contribution in [0.25, 0.3) is 0 Å². The molecule has 0 radical (unpaired) electrons. The summed E-state index contributed by atoms with van der Waals surface area (Å²) in [5, 5.41) is 2.69. The van der Waals surface area contributed by atoms with Crippen LogP contribution < -0.4 is 10.9 Å². The third-order valence-electron chi connectivity index (χ3n) is 3.24. The predicted octanol–water partition coefficient (Wildman–Crippen LogP) is 2.03. The largest absolute Gasteiger partial charge is 0.427 e. The van der Waals surface area contributed by atoms with Crippen LogP contribution >= 0.6 is 0 Å². The number of carbonyl (C=O) groups is 1. The molecule has 0 saturated carbocycles. The second-order valence-electron chi connectivity index (χ2n) is 4.79. The van der Waals surface area contributed by atoms with Crippen LogP contribution in [-0.4, -0.2) is 5.91 Å². The van der Waals surface area contributed by atoms with Gasteiger partial charge in [-0.1, -0.05) is 36.9 Å². The summed E-state index contributed by atoms with van der Waals surface area (Å²) in [6, 6.07) is 11.1. The van der Waals surface area contributed by atoms with Gasteiger partial charge in [-0.05, 0) is 17.5 Å². The maximum Gasteiger partial charge on any atom is 0.336 e. The highest BCUT2D eigenvalue weighted by molar-refractivity contribution is 5.99. The first-order chi connectivity index (χ1) is 9.63. The molecule has 4 heteroatoms. The van der Waals surface area contributed by atoms with Crippen molar-refractivity contribution in [3.05, 3.63) is 81.5 Å². The van der Waals surface area contributed by atoms with Crippen molar-refractivity contribution in [3.8, 4) is 0 Å². The Balaban J connectivity index is 2.10. The first kappa shape index (κ1) is 12.4. The van der Waals surface area contributed by atoms with E-state index in [1.165, 1.54) is 6.07 Å². The van der Waals surface area contributed by atoms with Gasteiger partial charge in [0.25, 0.3) is 5.91 Å². The van der Waals surface area contributed by atoms with E-state index in [4.69, 9.17) is 4.42 Å². The summed E-state index contributed by atoms with van der Waals surface area (Å²) in [4.78, 5) is 23.7. The quantitative estimate of drug-likeness (QED) is 0.905. The molecule has 0 atom stereocenters. The number of rotatable bonds is 2. The molecule has 0 bridgehead atoms. The molecule has 1 aliphatic heterocycles. The zero-order valence-electron chi connectivity index (χ0n) is 10.8. The van der Waals surface area contributed by atoms with E-state index in [0.29, 0.717) is 35.4 Å². The fourth-order valence-corrected chi connectivity index (χ4v) is 2.41. The predicted molar refractivity (Wildman–Crippen MR) is 74.5 cm³/mol. The number of nitrogens with one attached hydrogen (secondary N) is 1. The standard InChI is InChI=1S/C16H13NO3/c1-10-7-13-15(16(19)17-10)12(9-14(18)20-13)8-11-5-3-2-4-6-11/h2-6,9H,1,7-8H2,(H,17,19). The molecule has 0 spiro atoms. The Labute approximate surface area is 115 Å². The van der Waals surface area contributed by atoms with Crippen LogP contribution in [0.1, 0.15) is 27.2 Å². The monoisotopic (exact) mass is 267 g/mol. The second-order valence-corrected chi connectivity index (χ2v) is 4.79. The number of allylic oxidation sites excluding steroid dienone is 1. The summed E-state index contributed by atoms with van der Waals surface area (Å²) >= 11 is 0. The highest BCUT2D eigenvalue weighted by Crippen LogP contribution is 2.22. The Kier molecular flexibility index (Phi) is 2.99. The summed E-state index contributed by atoms with van der Waals surface area (Å²) in [5.41, 5.74) is 2.30. The first-order valence-corrected chi connectivity index (χ1v) is 6.32. The highest BCUT2D eigenvalue weighted by Gasteiger charge is 2.25. The van der Waals surface area contributed by atoms with E-state index in [2.05, 4.69) is 11.9 Å². The minimum atomic E-state index is -0.433. The lowest BCUT2D eigenvalue weighted by Crippen LogP contribution is -2.32. The average molecular weight is 267 g/mol. The van der Waals surface area contributed by atoms with Crippen LogP contribution in [-0.2, 0) is 12.8 Å². The van der Waals surface area contributed by atoms with E-state index in [1.54, 1.807) is 0 Å². The smallest absolute Gasteiger partial charge is 0.336 e. The number of hydrogen-bond acceptors (Lipinski definition) is 3. The van der Waals surface area contributed by atoms with Gasteiger partial charge in [-0.25, -0.2) is 4.79 Å². The minimum absolute atomic E-state index is 0.258. The van der Waals surface area contributed by atoms with Crippen LogP contribution in [0.3, 0.4) is 0 Å². The molecule has 100 valence electrons. The van der Waals surface area contributed by atoms with Gasteiger partial charge in [0, 0.05) is 18.2 Å². The van der Waals surface area contributed by atoms with Crippen molar-refractivity contribution in [1.82, 2.24) is 5.32 Å². The lowest BCUT2D eigenvalue weighted by Gasteiger charge is -2.19. The van der Waals surface area contributed by atoms with Gasteiger partial charge in [-0.2, -0.15) is 0 Å². The Morgan fingerprint density at radius 3 is 2.70 bits per heavy atom. The molecule has 3 rings (SSSR count). The Bertz CT molecular complexity index is 744. The third kappa shape index (κ3) is 2.28. The Morgan fingerprint density at radius 1 is 1.20 bits per heavy atom. The molecular weight excluding hydrogens is 254 g/mol. The summed E-state index contributed by atoms with van der Waals surface area (Å²) in [5.74, 6) is 0.142. The molecule has 1 aromatic carbocycles. The molecule has 0 aliphatic carbocycles. The van der Waals surface area contributed by atoms with Crippen molar-refractivity contribution in [2.45, 2.75) is 12.8 Å². The lowest BCUT2D eigenvalue weighted by atomic mass is 9.96. The van der Waals surface area contributed by atoms with Crippen LogP contribution in [0.15, 0.2) is 57.9 Å². The first-order valence-electron chi connectivity index (χ1n) is 6.32. The van der Waals surface area contributed by atoms with Crippen molar-refractivity contribution < 1.29 is 9.21 Å². The van der Waals surface area contributed by atoms with Gasteiger partial charge in [0.2, 0.25) is 0 Å². The lowest BCUT2D eigenvalue weighted by molar-refractivity contribution is 0.0952. The number of carbonyl (C=O) groups excluding carboxylic acids is 1. The molecule has 2 heterocycles. The maximum atomic E-state index is 12.1. The average Bonchev–Trinajstić information content (AvgIpc) is 2.38. The molecule has 1 amide bonds. The SMILES string of the molecule is C=C1Cc2oc(=O)cc(Cc3ccccc3)c2C(=O)N1. The maximum absolute atomic E-state index is 12.1. The van der Waals surface area contributed by atoms with Crippen molar-refractivity contribution in [2.24, 2.45) is 0 Å². The number of fused-ring (bicyclic) bond motifs is 1. The van der Waals surface area contributed by atoms with Crippen molar-refractivity contribution in [1.29, 1.82) is 0 Å². The van der Waals surface area contributed by atoms with Gasteiger partial charge < -0.3 is 9.73 Å². The molecule has 2 aromatic rings. The molecule has 1 aliphatic rings. The Morgan fingerprint density at radius 2 is 1.95 bits per heavy atom. The number of amides is 1. The molecule has 1 aromatic heterocycles. The second kappa shape index (κ2) is 4.81. The van der Waals surface area contributed by atoms with Crippen LogP contribution in [0, 0.1) is 0 Å². The molecule has 1 N–H and O–H groups in total. The van der Waals surface area contributed by atoms with E-state index in [-0.39, 0.29) is 5.91 Å². The van der Waals surface area contributed by atoms with Crippen molar-refractivity contribution in [2.75, 3.05) is 0 Å².